The van der Waals surface area contributed by atoms with Crippen LogP contribution in [0.3, 0.4) is 0 Å². The number of alkyl halides is 5. The lowest BCUT2D eigenvalue weighted by Gasteiger charge is -2.21. The second-order valence-electron chi connectivity index (χ2n) is 4.14. The van der Waals surface area contributed by atoms with E-state index in [1.54, 1.807) is 0 Å². The molecule has 0 unspecified atom stereocenters. The fourth-order valence-electron chi connectivity index (χ4n) is 1.57. The van der Waals surface area contributed by atoms with Gasteiger partial charge < -0.3 is 4.74 Å². The van der Waals surface area contributed by atoms with E-state index in [-0.39, 0.29) is 6.54 Å². The van der Waals surface area contributed by atoms with Crippen molar-refractivity contribution in [2.24, 2.45) is 0 Å². The Morgan fingerprint density at radius 3 is 2.53 bits per heavy atom. The van der Waals surface area contributed by atoms with Crippen LogP contribution >= 0.6 is 0 Å². The number of likely N-dealkylation sites (tertiary alicyclic amines) is 1. The molecular weight excluding hydrogens is 275 g/mol. The number of ether oxygens (including phenoxy) is 1. The summed E-state index contributed by atoms with van der Waals surface area (Å²) >= 11 is 0. The summed E-state index contributed by atoms with van der Waals surface area (Å²) in [4.78, 5) is 12.3. The molecule has 1 aliphatic heterocycles. The highest BCUT2D eigenvalue weighted by atomic mass is 19.4. The molecule has 1 N–H and O–H groups in total. The second-order valence-corrected chi connectivity index (χ2v) is 4.14. The summed E-state index contributed by atoms with van der Waals surface area (Å²) in [7, 11) is 1.37. The maximum atomic E-state index is 13.3. The third-order valence-corrected chi connectivity index (χ3v) is 2.43. The average Bonchev–Trinajstić information content (AvgIpc) is 2.46. The van der Waals surface area contributed by atoms with Crippen LogP contribution in [0.4, 0.5) is 26.7 Å². The summed E-state index contributed by atoms with van der Waals surface area (Å²) in [5.41, 5.74) is 0. The van der Waals surface area contributed by atoms with Crippen LogP contribution in [0.25, 0.3) is 0 Å². The first-order chi connectivity index (χ1) is 8.56. The predicted molar refractivity (Wildman–Crippen MR) is 54.5 cm³/mol. The van der Waals surface area contributed by atoms with Crippen LogP contribution in [-0.2, 0) is 4.74 Å². The highest BCUT2D eigenvalue weighted by molar-refractivity contribution is 5.68. The van der Waals surface area contributed by atoms with Crippen LogP contribution in [0.1, 0.15) is 0 Å². The van der Waals surface area contributed by atoms with Gasteiger partial charge in [0.15, 0.2) is 12.1 Å². The number of nitrogens with one attached hydrogen (secondary N) is 1. The smallest absolute Gasteiger partial charge is 0.420 e. The number of rotatable bonds is 2. The van der Waals surface area contributed by atoms with E-state index in [4.69, 9.17) is 0 Å². The number of likely N-dealkylation sites (N-methyl/N-ethyl adjacent to an activating group) is 1. The molecule has 108 valence electrons. The molecule has 1 saturated heterocycles. The molecule has 1 amide bonds. The number of terminal acetylenes is 1. The second kappa shape index (κ2) is 5.21. The minimum atomic E-state index is -4.87. The fraction of sp³-hybridized carbons (Fsp3) is 0.700. The SMILES string of the molecule is C#C[C@H](NC(=O)O[C@H]1CN(C)CC1(F)F)C(F)(F)F. The first kappa shape index (κ1) is 15.5. The maximum Gasteiger partial charge on any atom is 0.420 e. The Kier molecular flexibility index (Phi) is 4.25. The molecule has 0 aromatic rings. The lowest BCUT2D eigenvalue weighted by Crippen LogP contribution is -2.47. The highest BCUT2D eigenvalue weighted by Crippen LogP contribution is 2.29. The van der Waals surface area contributed by atoms with Gasteiger partial charge in [-0.2, -0.15) is 13.2 Å². The van der Waals surface area contributed by atoms with E-state index in [0.29, 0.717) is 0 Å². The molecule has 1 heterocycles. The van der Waals surface area contributed by atoms with Crippen molar-refractivity contribution in [1.82, 2.24) is 10.2 Å². The molecule has 0 aliphatic carbocycles. The monoisotopic (exact) mass is 286 g/mol. The van der Waals surface area contributed by atoms with Crippen molar-refractivity contribution in [3.8, 4) is 12.3 Å². The van der Waals surface area contributed by atoms with Crippen molar-refractivity contribution in [2.45, 2.75) is 24.2 Å². The third kappa shape index (κ3) is 3.96. The molecule has 0 saturated carbocycles. The van der Waals surface area contributed by atoms with Crippen LogP contribution in [0.2, 0.25) is 0 Å². The molecule has 19 heavy (non-hydrogen) atoms. The van der Waals surface area contributed by atoms with Gasteiger partial charge in [-0.3, -0.25) is 10.2 Å². The fourth-order valence-corrected chi connectivity index (χ4v) is 1.57. The molecule has 0 spiro atoms. The molecule has 1 fully saturated rings. The Morgan fingerprint density at radius 1 is 1.58 bits per heavy atom. The van der Waals surface area contributed by atoms with Gasteiger partial charge in [-0.1, -0.05) is 5.92 Å². The molecule has 0 radical (unpaired) electrons. The third-order valence-electron chi connectivity index (χ3n) is 2.43. The van der Waals surface area contributed by atoms with Gasteiger partial charge in [0.05, 0.1) is 6.54 Å². The average molecular weight is 286 g/mol. The van der Waals surface area contributed by atoms with Crippen molar-refractivity contribution in [1.29, 1.82) is 0 Å². The standard InChI is InChI=1S/C10H11F5N2O2/c1-3-6(10(13,14)15)16-8(18)19-7-4-17(2)5-9(7,11)12/h1,6-7H,4-5H2,2H3,(H,16,18)/t6-,7-/m0/s1. The quantitative estimate of drug-likeness (QED) is 0.613. The summed E-state index contributed by atoms with van der Waals surface area (Å²) in [5.74, 6) is -2.02. The van der Waals surface area contributed by atoms with Crippen LogP contribution in [0.15, 0.2) is 0 Å². The molecule has 0 bridgehead atoms. The minimum Gasteiger partial charge on any atom is -0.438 e. The van der Waals surface area contributed by atoms with Crippen molar-refractivity contribution in [2.75, 3.05) is 20.1 Å². The van der Waals surface area contributed by atoms with E-state index < -0.39 is 36.9 Å². The predicted octanol–water partition coefficient (Wildman–Crippen LogP) is 1.23. The van der Waals surface area contributed by atoms with Gasteiger partial charge in [0, 0.05) is 6.54 Å². The summed E-state index contributed by atoms with van der Waals surface area (Å²) in [5, 5.41) is 1.31. The van der Waals surface area contributed by atoms with E-state index in [1.807, 2.05) is 0 Å². The number of halogens is 5. The van der Waals surface area contributed by atoms with Gasteiger partial charge in [0.25, 0.3) is 5.92 Å². The van der Waals surface area contributed by atoms with Crippen molar-refractivity contribution in [3.63, 3.8) is 0 Å². The topological polar surface area (TPSA) is 41.6 Å². The first-order valence-electron chi connectivity index (χ1n) is 5.12. The summed E-state index contributed by atoms with van der Waals surface area (Å²) in [6.07, 6.45) is -3.70. The van der Waals surface area contributed by atoms with Gasteiger partial charge in [-0.15, -0.1) is 6.42 Å². The van der Waals surface area contributed by atoms with Crippen molar-refractivity contribution in [3.05, 3.63) is 0 Å². The first-order valence-corrected chi connectivity index (χ1v) is 5.12. The van der Waals surface area contributed by atoms with E-state index >= 15 is 0 Å². The zero-order chi connectivity index (χ0) is 14.8. The normalized spacial score (nSPS) is 24.6. The summed E-state index contributed by atoms with van der Waals surface area (Å²) < 4.78 is 67.5. The lowest BCUT2D eigenvalue weighted by molar-refractivity contribution is -0.142. The Hall–Kier alpha value is -1.56. The number of hydrogen-bond acceptors (Lipinski definition) is 3. The number of amides is 1. The molecular formula is C10H11F5N2O2. The van der Waals surface area contributed by atoms with Crippen LogP contribution < -0.4 is 5.32 Å². The molecule has 9 heteroatoms. The Labute approximate surface area is 105 Å². The Balaban J connectivity index is 2.59. The van der Waals surface area contributed by atoms with Crippen molar-refractivity contribution < 1.29 is 31.5 Å². The minimum absolute atomic E-state index is 0.271. The number of nitrogens with zero attached hydrogens (tertiary/aromatic N) is 1. The van der Waals surface area contributed by atoms with Gasteiger partial charge >= 0.3 is 12.3 Å². The van der Waals surface area contributed by atoms with Gasteiger partial charge in [-0.05, 0) is 7.05 Å². The zero-order valence-corrected chi connectivity index (χ0v) is 9.80. The van der Waals surface area contributed by atoms with E-state index in [2.05, 4.69) is 11.2 Å². The lowest BCUT2D eigenvalue weighted by atomic mass is 10.2. The molecule has 1 rings (SSSR count). The van der Waals surface area contributed by atoms with Gasteiger partial charge in [0.1, 0.15) is 0 Å². The van der Waals surface area contributed by atoms with Crippen LogP contribution in [0, 0.1) is 12.3 Å². The molecule has 0 aromatic carbocycles. The van der Waals surface area contributed by atoms with Gasteiger partial charge in [0.2, 0.25) is 0 Å². The number of hydrogen-bond donors (Lipinski definition) is 1. The van der Waals surface area contributed by atoms with E-state index in [1.165, 1.54) is 23.2 Å². The molecule has 2 atom stereocenters. The van der Waals surface area contributed by atoms with Crippen LogP contribution in [0.5, 0.6) is 0 Å². The number of carbonyl (C=O) groups excluding carboxylic acids is 1. The van der Waals surface area contributed by atoms with E-state index in [0.717, 1.165) is 0 Å². The summed E-state index contributed by atoms with van der Waals surface area (Å²) in [6, 6.07) is -2.58. The zero-order valence-electron chi connectivity index (χ0n) is 9.80. The molecule has 1 aliphatic rings. The summed E-state index contributed by atoms with van der Waals surface area (Å²) in [6.45, 7) is -0.907. The largest absolute Gasteiger partial charge is 0.438 e. The van der Waals surface area contributed by atoms with Gasteiger partial charge in [-0.25, -0.2) is 13.6 Å². The maximum absolute atomic E-state index is 13.3. The highest BCUT2D eigenvalue weighted by Gasteiger charge is 2.50. The molecule has 4 nitrogen and oxygen atoms in total. The van der Waals surface area contributed by atoms with Crippen molar-refractivity contribution >= 4 is 6.09 Å². The number of alkyl carbamates (subject to hydrolysis) is 1. The number of carbonyl (C=O) groups is 1. The molecule has 0 aromatic heterocycles. The Bertz CT molecular complexity index is 390. The van der Waals surface area contributed by atoms with Crippen LogP contribution in [-0.4, -0.2) is 55.4 Å². The Morgan fingerprint density at radius 2 is 2.16 bits per heavy atom. The van der Waals surface area contributed by atoms with E-state index in [9.17, 15) is 26.7 Å².